The number of carbonyl (C=O) groups excluding carboxylic acids is 12. The van der Waals surface area contributed by atoms with Crippen molar-refractivity contribution in [2.45, 2.75) is 223 Å². The molecule has 1 aromatic heterocycles. The molecule has 2 heterocycles. The van der Waals surface area contributed by atoms with E-state index in [1.807, 2.05) is 0 Å². The van der Waals surface area contributed by atoms with Crippen molar-refractivity contribution in [1.82, 2.24) is 57.7 Å². The van der Waals surface area contributed by atoms with Gasteiger partial charge in [0.05, 0.1) is 25.2 Å². The smallest absolute Gasteiger partial charge is 0.248 e. The molecule has 1 aliphatic carbocycles. The molecule has 2 aliphatic rings. The molecule has 0 radical (unpaired) electrons. The Morgan fingerprint density at radius 3 is 1.80 bits per heavy atom. The minimum Gasteiger partial charge on any atom is -0.394 e. The van der Waals surface area contributed by atoms with Gasteiger partial charge in [-0.2, -0.15) is 0 Å². The number of carbonyl (C=O) groups is 12. The van der Waals surface area contributed by atoms with Crippen LogP contribution in [-0.4, -0.2) is 187 Å². The average molecular weight is 1190 g/mol. The Labute approximate surface area is 490 Å². The molecule has 84 heavy (non-hydrogen) atoms. The second-order valence-electron chi connectivity index (χ2n) is 23.0. The summed E-state index contributed by atoms with van der Waals surface area (Å²) in [6.07, 6.45) is 4.17. The minimum absolute atomic E-state index is 0.0177. The predicted molar refractivity (Wildman–Crippen MR) is 305 cm³/mol. The van der Waals surface area contributed by atoms with Crippen LogP contribution in [0.5, 0.6) is 0 Å². The maximum absolute atomic E-state index is 14.7. The number of amides is 11. The zero-order valence-corrected chi connectivity index (χ0v) is 49.9. The van der Waals surface area contributed by atoms with Gasteiger partial charge in [0.2, 0.25) is 65.0 Å². The van der Waals surface area contributed by atoms with E-state index in [0.29, 0.717) is 18.4 Å². The van der Waals surface area contributed by atoms with E-state index < -0.39 is 155 Å². The molecule has 11 atom stereocenters. The number of pyridine rings is 1. The van der Waals surface area contributed by atoms with Crippen molar-refractivity contribution >= 4 is 70.8 Å². The number of ketones is 1. The number of unbranched alkanes of at least 4 members (excludes halogenated alkanes) is 1. The van der Waals surface area contributed by atoms with E-state index in [1.165, 1.54) is 53.9 Å². The fourth-order valence-corrected chi connectivity index (χ4v) is 9.90. The van der Waals surface area contributed by atoms with Crippen molar-refractivity contribution in [2.24, 2.45) is 17.4 Å². The number of nitrogens with two attached hydrogens (primary N) is 2. The van der Waals surface area contributed by atoms with Crippen molar-refractivity contribution in [3.8, 4) is 0 Å². The van der Waals surface area contributed by atoms with Crippen molar-refractivity contribution in [2.75, 3.05) is 19.7 Å². The van der Waals surface area contributed by atoms with Gasteiger partial charge in [-0.25, -0.2) is 0 Å². The SMILES string of the molecule is CC[C@](C)(NC(=O)[C@H](CC1CCCCC1)NC(=O)[C@H](Cc1ccncc1)NC(=O)[C@](C)(CC)NC(=O)[C@H]1C[C@H](O)CN1C(=O)[C@H](CO)NC(C)=O)C(=O)N[C@@H](CC(N)=O)C(=O)N[C@@H](CCCCN)C(=O)NC(C)(C)C(=O)N[C@H](C(C)=O)[C@@H](C)O. The van der Waals surface area contributed by atoms with E-state index in [2.05, 4.69) is 52.8 Å². The van der Waals surface area contributed by atoms with Crippen LogP contribution >= 0.6 is 0 Å². The van der Waals surface area contributed by atoms with E-state index in [0.717, 1.165) is 43.9 Å². The Hall–Kier alpha value is -7.17. The number of aliphatic hydroxyl groups is 3. The largest absolute Gasteiger partial charge is 0.394 e. The van der Waals surface area contributed by atoms with Gasteiger partial charge in [-0.05, 0) is 110 Å². The Morgan fingerprint density at radius 2 is 1.26 bits per heavy atom. The topological polar surface area (TPSA) is 442 Å². The molecule has 1 aromatic rings. The van der Waals surface area contributed by atoms with Crippen LogP contribution in [-0.2, 0) is 64.0 Å². The molecule has 0 bridgehead atoms. The van der Waals surface area contributed by atoms with Crippen LogP contribution in [0.4, 0.5) is 0 Å². The van der Waals surface area contributed by atoms with Gasteiger partial charge in [-0.15, -0.1) is 0 Å². The third-order valence-corrected chi connectivity index (χ3v) is 15.5. The van der Waals surface area contributed by atoms with Crippen LogP contribution in [0.3, 0.4) is 0 Å². The van der Waals surface area contributed by atoms with Gasteiger partial charge < -0.3 is 79.5 Å². The van der Waals surface area contributed by atoms with Crippen LogP contribution in [0.2, 0.25) is 0 Å². The fraction of sp³-hybridized carbons (Fsp3) is 0.696. The van der Waals surface area contributed by atoms with Crippen molar-refractivity contribution in [3.63, 3.8) is 0 Å². The Balaban J connectivity index is 1.93. The summed E-state index contributed by atoms with van der Waals surface area (Å²) in [5.41, 5.74) is 6.53. The lowest BCUT2D eigenvalue weighted by molar-refractivity contribution is -0.144. The number of hydrogen-bond acceptors (Lipinski definition) is 17. The first-order chi connectivity index (χ1) is 39.3. The molecule has 28 nitrogen and oxygen atoms in total. The maximum atomic E-state index is 14.7. The molecular weight excluding hydrogens is 1090 g/mol. The number of hydrogen-bond donors (Lipinski definition) is 14. The third-order valence-electron chi connectivity index (χ3n) is 15.5. The highest BCUT2D eigenvalue weighted by molar-refractivity contribution is 6.01. The molecule has 470 valence electrons. The Kier molecular flexibility index (Phi) is 27.7. The van der Waals surface area contributed by atoms with Gasteiger partial charge >= 0.3 is 0 Å². The normalized spacial score (nSPS) is 19.3. The van der Waals surface area contributed by atoms with Crippen LogP contribution < -0.4 is 59.3 Å². The fourth-order valence-electron chi connectivity index (χ4n) is 9.90. The van der Waals surface area contributed by atoms with Crippen LogP contribution in [0.1, 0.15) is 151 Å². The van der Waals surface area contributed by atoms with Crippen molar-refractivity contribution < 1.29 is 72.9 Å². The second-order valence-corrected chi connectivity index (χ2v) is 23.0. The van der Waals surface area contributed by atoms with E-state index in [1.54, 1.807) is 26.0 Å². The highest BCUT2D eigenvalue weighted by Gasteiger charge is 2.46. The predicted octanol–water partition coefficient (Wildman–Crippen LogP) is -3.08. The number of primary amides is 1. The van der Waals surface area contributed by atoms with Crippen LogP contribution in [0.15, 0.2) is 24.5 Å². The summed E-state index contributed by atoms with van der Waals surface area (Å²) >= 11 is 0. The minimum atomic E-state index is -1.84. The van der Waals surface area contributed by atoms with Gasteiger partial charge in [-0.3, -0.25) is 62.5 Å². The highest BCUT2D eigenvalue weighted by atomic mass is 16.3. The monoisotopic (exact) mass is 1190 g/mol. The average Bonchev–Trinajstić information content (AvgIpc) is 2.94. The number of rotatable bonds is 33. The standard InChI is InChI=1S/C56H91N13O15/c1-10-55(8,52(83)64-40(28-43(58)75)46(77)61-37(19-15-16-22-57)47(78)66-54(6,7)51(82)65-44(31(3)71)32(4)72)67-48(79)39(25-34-17-13-12-14-18-34)62-45(76)38(26-35-20-23-59-24-21-35)63-53(84)56(9,11-2)68-49(80)42-27-36(74)29-69(42)50(81)41(30-70)60-33(5)73/h20-21,23-24,31,34,36-42,44,70-71,74H,10-19,22,25-30,57H2,1-9H3,(H2,58,75)(H,60,73)(H,61,77)(H,62,76)(H,63,84)(H,64,83)(H,65,82)(H,66,78)(H,67,79)(H,68,80)/t31-,36+,37+,38+,39+,40+,41+,42-,44+,55+,56+/m1/s1. The zero-order chi connectivity index (χ0) is 63.3. The third kappa shape index (κ3) is 21.2. The zero-order valence-electron chi connectivity index (χ0n) is 49.9. The summed E-state index contributed by atoms with van der Waals surface area (Å²) in [5.74, 6) is -10.0. The first-order valence-corrected chi connectivity index (χ1v) is 28.8. The second kappa shape index (κ2) is 32.8. The summed E-state index contributed by atoms with van der Waals surface area (Å²) in [7, 11) is 0. The number of likely N-dealkylation sites (tertiary alicyclic amines) is 1. The molecular formula is C56H91N13O15. The van der Waals surface area contributed by atoms with E-state index in [9.17, 15) is 72.9 Å². The maximum Gasteiger partial charge on any atom is 0.248 e. The first-order valence-electron chi connectivity index (χ1n) is 28.8. The summed E-state index contributed by atoms with van der Waals surface area (Å²) in [4.78, 5) is 169. The quantitative estimate of drug-likeness (QED) is 0.0310. The number of β-amino-alcohol motifs (C(OH)–C–C–N with tert-alkyl or cyclic N) is 1. The lowest BCUT2D eigenvalue weighted by atomic mass is 9.84. The molecule has 1 saturated carbocycles. The number of nitrogens with one attached hydrogen (secondary N) is 9. The number of nitrogens with zero attached hydrogens (tertiary/aromatic N) is 2. The van der Waals surface area contributed by atoms with Crippen LogP contribution in [0.25, 0.3) is 0 Å². The first kappa shape index (κ1) is 71.1. The van der Waals surface area contributed by atoms with Gasteiger partial charge in [0.1, 0.15) is 58.9 Å². The molecule has 1 saturated heterocycles. The number of aromatic nitrogens is 1. The molecule has 16 N–H and O–H groups in total. The highest BCUT2D eigenvalue weighted by Crippen LogP contribution is 2.28. The summed E-state index contributed by atoms with van der Waals surface area (Å²) in [5, 5.41) is 53.8. The van der Waals surface area contributed by atoms with Crippen molar-refractivity contribution in [1.29, 1.82) is 0 Å². The molecule has 3 rings (SSSR count). The molecule has 1 aliphatic heterocycles. The van der Waals surface area contributed by atoms with E-state index in [-0.39, 0.29) is 57.5 Å². The van der Waals surface area contributed by atoms with E-state index >= 15 is 0 Å². The molecule has 28 heteroatoms. The molecule has 11 amide bonds. The van der Waals surface area contributed by atoms with Gasteiger partial charge in [0.25, 0.3) is 0 Å². The lowest BCUT2D eigenvalue weighted by Crippen LogP contribution is -2.65. The summed E-state index contributed by atoms with van der Waals surface area (Å²) < 4.78 is 0. The summed E-state index contributed by atoms with van der Waals surface area (Å²) in [6, 6.07) is -6.61. The number of Topliss-reactive ketones (excluding diaryl/α,β-unsaturated/α-hetero) is 1. The van der Waals surface area contributed by atoms with Gasteiger partial charge in [-0.1, -0.05) is 46.0 Å². The van der Waals surface area contributed by atoms with Gasteiger partial charge in [0, 0.05) is 38.7 Å². The Morgan fingerprint density at radius 1 is 0.702 bits per heavy atom. The molecule has 2 fully saturated rings. The molecule has 0 unspecified atom stereocenters. The lowest BCUT2D eigenvalue weighted by Gasteiger charge is -2.35. The Bertz CT molecular complexity index is 2500. The molecule has 0 spiro atoms. The van der Waals surface area contributed by atoms with E-state index in [4.69, 9.17) is 11.5 Å². The summed E-state index contributed by atoms with van der Waals surface area (Å²) in [6.45, 7) is 11.4. The molecule has 0 aromatic carbocycles. The van der Waals surface area contributed by atoms with Gasteiger partial charge in [0.15, 0.2) is 5.78 Å². The van der Waals surface area contributed by atoms with Crippen LogP contribution in [0, 0.1) is 5.92 Å². The number of aliphatic hydroxyl groups excluding tert-OH is 3. The van der Waals surface area contributed by atoms with Crippen molar-refractivity contribution in [3.05, 3.63) is 30.1 Å².